The minimum Gasteiger partial charge on any atom is -0.373 e. The van der Waals surface area contributed by atoms with Crippen molar-refractivity contribution >= 4 is 5.78 Å². The van der Waals surface area contributed by atoms with Gasteiger partial charge in [-0.25, -0.2) is 0 Å². The Balaban J connectivity index is 2.18. The maximum atomic E-state index is 12.0. The highest BCUT2D eigenvalue weighted by atomic mass is 16.5. The summed E-state index contributed by atoms with van der Waals surface area (Å²) in [5, 5.41) is 0. The molecule has 0 amide bonds. The summed E-state index contributed by atoms with van der Waals surface area (Å²) in [6, 6.07) is 1.86. The van der Waals surface area contributed by atoms with Crippen LogP contribution in [0.5, 0.6) is 0 Å². The molecule has 1 atom stereocenters. The molecular formula is C12H15NO2. The van der Waals surface area contributed by atoms with Crippen molar-refractivity contribution in [1.29, 1.82) is 0 Å². The van der Waals surface area contributed by atoms with E-state index in [1.165, 1.54) is 0 Å². The zero-order chi connectivity index (χ0) is 10.8. The number of hydrogen-bond acceptors (Lipinski definition) is 3. The van der Waals surface area contributed by atoms with Crippen LogP contribution in [-0.2, 0) is 4.74 Å². The maximum Gasteiger partial charge on any atom is 0.193 e. The van der Waals surface area contributed by atoms with Crippen molar-refractivity contribution in [2.24, 2.45) is 5.92 Å². The lowest BCUT2D eigenvalue weighted by Gasteiger charge is -2.12. The van der Waals surface area contributed by atoms with Crippen molar-refractivity contribution in [1.82, 2.24) is 4.98 Å². The van der Waals surface area contributed by atoms with Crippen molar-refractivity contribution in [2.45, 2.75) is 25.9 Å². The Labute approximate surface area is 89.5 Å². The van der Waals surface area contributed by atoms with Gasteiger partial charge in [-0.05, 0) is 37.3 Å². The number of Topliss-reactive ketones (excluding diaryl/α,β-unsaturated/α-hetero) is 1. The molecule has 0 bridgehead atoms. The molecule has 0 aliphatic heterocycles. The van der Waals surface area contributed by atoms with Gasteiger partial charge in [0.2, 0.25) is 0 Å². The van der Waals surface area contributed by atoms with Gasteiger partial charge in [0.25, 0.3) is 0 Å². The Bertz CT molecular complexity index is 372. The van der Waals surface area contributed by atoms with Gasteiger partial charge in [0, 0.05) is 25.1 Å². The number of methoxy groups -OCH3 is 1. The second kappa shape index (κ2) is 4.11. The molecule has 3 nitrogen and oxygen atoms in total. The van der Waals surface area contributed by atoms with Gasteiger partial charge in [-0.2, -0.15) is 0 Å². The Morgan fingerprint density at radius 1 is 1.53 bits per heavy atom. The van der Waals surface area contributed by atoms with E-state index in [0.717, 1.165) is 18.4 Å². The molecule has 0 radical (unpaired) electrons. The number of rotatable bonds is 4. The standard InChI is InChI=1S/C12H15NO2/c1-8-5-10(7-13-6-8)11(14)12(15-2)9-3-4-9/h5-7,9,12H,3-4H2,1-2H3. The van der Waals surface area contributed by atoms with Gasteiger partial charge in [0.15, 0.2) is 5.78 Å². The fraction of sp³-hybridized carbons (Fsp3) is 0.500. The second-order valence-corrected chi connectivity index (χ2v) is 4.11. The summed E-state index contributed by atoms with van der Waals surface area (Å²) in [6.45, 7) is 1.93. The molecule has 1 aromatic rings. The number of aryl methyl sites for hydroxylation is 1. The van der Waals surface area contributed by atoms with Gasteiger partial charge >= 0.3 is 0 Å². The third kappa shape index (κ3) is 2.23. The molecule has 80 valence electrons. The van der Waals surface area contributed by atoms with E-state index in [4.69, 9.17) is 4.74 Å². The van der Waals surface area contributed by atoms with Gasteiger partial charge in [-0.3, -0.25) is 9.78 Å². The number of ether oxygens (including phenoxy) is 1. The van der Waals surface area contributed by atoms with Crippen LogP contribution in [0.4, 0.5) is 0 Å². The van der Waals surface area contributed by atoms with Crippen molar-refractivity contribution in [3.8, 4) is 0 Å². The molecule has 0 saturated heterocycles. The van der Waals surface area contributed by atoms with Crippen molar-refractivity contribution < 1.29 is 9.53 Å². The molecule has 1 heterocycles. The van der Waals surface area contributed by atoms with E-state index >= 15 is 0 Å². The summed E-state index contributed by atoms with van der Waals surface area (Å²) in [5.74, 6) is 0.485. The Kier molecular flexibility index (Phi) is 2.82. The zero-order valence-electron chi connectivity index (χ0n) is 9.06. The molecule has 0 aromatic carbocycles. The van der Waals surface area contributed by atoms with E-state index in [-0.39, 0.29) is 11.9 Å². The van der Waals surface area contributed by atoms with E-state index in [1.54, 1.807) is 19.5 Å². The van der Waals surface area contributed by atoms with Crippen molar-refractivity contribution in [3.05, 3.63) is 29.6 Å². The monoisotopic (exact) mass is 205 g/mol. The number of pyridine rings is 1. The van der Waals surface area contributed by atoms with Gasteiger partial charge in [0.1, 0.15) is 6.10 Å². The largest absolute Gasteiger partial charge is 0.373 e. The fourth-order valence-electron chi connectivity index (χ4n) is 1.77. The molecule has 3 heteroatoms. The Morgan fingerprint density at radius 2 is 2.27 bits per heavy atom. The van der Waals surface area contributed by atoms with Gasteiger partial charge in [0.05, 0.1) is 0 Å². The third-order valence-electron chi connectivity index (χ3n) is 2.72. The van der Waals surface area contributed by atoms with Crippen LogP contribution in [-0.4, -0.2) is 24.0 Å². The van der Waals surface area contributed by atoms with Crippen LogP contribution in [0.25, 0.3) is 0 Å². The molecule has 15 heavy (non-hydrogen) atoms. The number of carbonyl (C=O) groups excluding carboxylic acids is 1. The molecule has 1 aliphatic carbocycles. The van der Waals surface area contributed by atoms with Crippen molar-refractivity contribution in [3.63, 3.8) is 0 Å². The molecular weight excluding hydrogens is 190 g/mol. The van der Waals surface area contributed by atoms with E-state index in [0.29, 0.717) is 11.5 Å². The summed E-state index contributed by atoms with van der Waals surface area (Å²) < 4.78 is 5.25. The fourth-order valence-corrected chi connectivity index (χ4v) is 1.77. The summed E-state index contributed by atoms with van der Waals surface area (Å²) >= 11 is 0. The number of ketones is 1. The first-order chi connectivity index (χ1) is 7.22. The van der Waals surface area contributed by atoms with Crippen LogP contribution < -0.4 is 0 Å². The van der Waals surface area contributed by atoms with Gasteiger partial charge in [-0.1, -0.05) is 0 Å². The summed E-state index contributed by atoms with van der Waals surface area (Å²) in [7, 11) is 1.60. The average Bonchev–Trinajstić information content (AvgIpc) is 3.03. The van der Waals surface area contributed by atoms with Gasteiger partial charge in [-0.15, -0.1) is 0 Å². The molecule has 1 aromatic heterocycles. The molecule has 1 fully saturated rings. The molecule has 1 aliphatic rings. The average molecular weight is 205 g/mol. The van der Waals surface area contributed by atoms with Crippen LogP contribution in [0.3, 0.4) is 0 Å². The molecule has 1 unspecified atom stereocenters. The van der Waals surface area contributed by atoms with Crippen LogP contribution in [0.15, 0.2) is 18.5 Å². The molecule has 0 N–H and O–H groups in total. The second-order valence-electron chi connectivity index (χ2n) is 4.11. The highest BCUT2D eigenvalue weighted by Crippen LogP contribution is 2.35. The highest BCUT2D eigenvalue weighted by molar-refractivity contribution is 5.99. The molecule has 1 saturated carbocycles. The number of hydrogen-bond donors (Lipinski definition) is 0. The van der Waals surface area contributed by atoms with Crippen LogP contribution >= 0.6 is 0 Å². The summed E-state index contributed by atoms with van der Waals surface area (Å²) in [6.07, 6.45) is 5.29. The Morgan fingerprint density at radius 3 is 2.80 bits per heavy atom. The predicted octanol–water partition coefficient (Wildman–Crippen LogP) is 2.00. The minimum absolute atomic E-state index is 0.0659. The normalized spacial score (nSPS) is 17.5. The SMILES string of the molecule is COC(C(=O)c1cncc(C)c1)C1CC1. The van der Waals surface area contributed by atoms with E-state index < -0.39 is 0 Å². The molecule has 2 rings (SSSR count). The van der Waals surface area contributed by atoms with E-state index in [9.17, 15) is 4.79 Å². The maximum absolute atomic E-state index is 12.0. The Hall–Kier alpha value is -1.22. The summed E-state index contributed by atoms with van der Waals surface area (Å²) in [4.78, 5) is 16.1. The predicted molar refractivity (Wildman–Crippen MR) is 56.8 cm³/mol. The highest BCUT2D eigenvalue weighted by Gasteiger charge is 2.36. The van der Waals surface area contributed by atoms with Crippen LogP contribution in [0, 0.1) is 12.8 Å². The number of aromatic nitrogens is 1. The lowest BCUT2D eigenvalue weighted by molar-refractivity contribution is 0.0539. The van der Waals surface area contributed by atoms with Gasteiger partial charge < -0.3 is 4.74 Å². The van der Waals surface area contributed by atoms with E-state index in [2.05, 4.69) is 4.98 Å². The number of carbonyl (C=O) groups is 1. The first-order valence-corrected chi connectivity index (χ1v) is 5.21. The smallest absolute Gasteiger partial charge is 0.193 e. The van der Waals surface area contributed by atoms with Crippen LogP contribution in [0.1, 0.15) is 28.8 Å². The number of nitrogens with zero attached hydrogens (tertiary/aromatic N) is 1. The molecule has 0 spiro atoms. The first-order valence-electron chi connectivity index (χ1n) is 5.21. The third-order valence-corrected chi connectivity index (χ3v) is 2.72. The minimum atomic E-state index is -0.270. The lowest BCUT2D eigenvalue weighted by atomic mass is 10.0. The van der Waals surface area contributed by atoms with Crippen molar-refractivity contribution in [2.75, 3.05) is 7.11 Å². The summed E-state index contributed by atoms with van der Waals surface area (Å²) in [5.41, 5.74) is 1.67. The first kappa shape index (κ1) is 10.3. The topological polar surface area (TPSA) is 39.2 Å². The quantitative estimate of drug-likeness (QED) is 0.706. The zero-order valence-corrected chi connectivity index (χ0v) is 9.06. The van der Waals surface area contributed by atoms with E-state index in [1.807, 2.05) is 13.0 Å². The lowest BCUT2D eigenvalue weighted by Crippen LogP contribution is -2.25. The van der Waals surface area contributed by atoms with Crippen LogP contribution in [0.2, 0.25) is 0 Å².